The van der Waals surface area contributed by atoms with Crippen LogP contribution in [0.25, 0.3) is 11.0 Å². The Hall–Kier alpha value is -5.53. The van der Waals surface area contributed by atoms with E-state index in [-0.39, 0.29) is 23.1 Å². The first-order valence-electron chi connectivity index (χ1n) is 16.1. The van der Waals surface area contributed by atoms with Crippen molar-refractivity contribution < 1.29 is 23.9 Å². The lowest BCUT2D eigenvalue weighted by molar-refractivity contribution is 0.0980. The summed E-state index contributed by atoms with van der Waals surface area (Å²) in [5.74, 6) is -0.844. The maximum atomic E-state index is 13.5. The number of methoxy groups -OCH3 is 1. The molecule has 2 aromatic heterocycles. The fourth-order valence-electron chi connectivity index (χ4n) is 5.51. The topological polar surface area (TPSA) is 200 Å². The van der Waals surface area contributed by atoms with E-state index in [1.807, 2.05) is 30.6 Å². The lowest BCUT2D eigenvalue weighted by Crippen LogP contribution is -2.26. The number of nitrogen functional groups attached to an aromatic ring is 1. The van der Waals surface area contributed by atoms with Crippen LogP contribution in [0, 0.1) is 12.3 Å². The molecular weight excluding hydrogens is 626 g/mol. The van der Waals surface area contributed by atoms with Crippen molar-refractivity contribution in [3.05, 3.63) is 70.6 Å². The number of carbonyl (C=O) groups excluding carboxylic acids is 3. The van der Waals surface area contributed by atoms with E-state index in [2.05, 4.69) is 36.2 Å². The molecule has 262 valence electrons. The van der Waals surface area contributed by atoms with Gasteiger partial charge in [0.1, 0.15) is 28.4 Å². The zero-order chi connectivity index (χ0) is 36.0. The molecule has 0 bridgehead atoms. The zero-order valence-corrected chi connectivity index (χ0v) is 29.3. The van der Waals surface area contributed by atoms with Crippen LogP contribution in [0.2, 0.25) is 0 Å². The van der Waals surface area contributed by atoms with Gasteiger partial charge in [-0.2, -0.15) is 10.1 Å². The number of benzene rings is 2. The van der Waals surface area contributed by atoms with E-state index < -0.39 is 17.7 Å². The number of nitrogens with one attached hydrogen (secondary N) is 1. The van der Waals surface area contributed by atoms with Crippen LogP contribution in [0.3, 0.4) is 0 Å². The number of hydrogen-bond donors (Lipinski definition) is 4. The van der Waals surface area contributed by atoms with Gasteiger partial charge < -0.3 is 41.1 Å². The van der Waals surface area contributed by atoms with Gasteiger partial charge in [-0.25, -0.2) is 0 Å². The first kappa shape index (κ1) is 36.3. The normalized spacial score (nSPS) is 12.2. The number of allylic oxidation sites excluding steroid dienone is 1. The minimum absolute atomic E-state index is 0.164. The highest BCUT2D eigenvalue weighted by Gasteiger charge is 2.20. The predicted octanol–water partition coefficient (Wildman–Crippen LogP) is 3.91. The number of ether oxygens (including phenoxy) is 2. The second-order valence-electron chi connectivity index (χ2n) is 13.0. The number of nitrogens with zero attached hydrogens (tertiary/aromatic N) is 5. The summed E-state index contributed by atoms with van der Waals surface area (Å²) in [5, 5.41) is 7.67. The summed E-state index contributed by atoms with van der Waals surface area (Å²) in [6.07, 6.45) is 5.58. The number of aromatic nitrogens is 4. The fraction of sp³-hybridized carbons (Fsp3) is 0.400. The van der Waals surface area contributed by atoms with E-state index in [0.717, 1.165) is 12.8 Å². The number of hydrogen-bond acceptors (Lipinski definition) is 8. The van der Waals surface area contributed by atoms with Gasteiger partial charge in [0.05, 0.1) is 30.6 Å². The highest BCUT2D eigenvalue weighted by Crippen LogP contribution is 2.33. The van der Waals surface area contributed by atoms with E-state index >= 15 is 0 Å². The van der Waals surface area contributed by atoms with Gasteiger partial charge in [0.25, 0.3) is 5.91 Å². The van der Waals surface area contributed by atoms with Crippen molar-refractivity contribution in [3.63, 3.8) is 0 Å². The SMILES string of the molecule is CCn1nc(C)cc1C(=O)N=c1n(C)c2cc(C(N)=O)cc(OC)c2n1C/C=C/CNc1c(N)cc(C(N)=O)cc1OCCCC(C)(C)C. The van der Waals surface area contributed by atoms with E-state index in [4.69, 9.17) is 26.7 Å². The molecule has 0 atom stereocenters. The molecule has 4 rings (SSSR count). The molecule has 0 unspecified atom stereocenters. The second kappa shape index (κ2) is 15.1. The Morgan fingerprint density at radius 3 is 2.33 bits per heavy atom. The smallest absolute Gasteiger partial charge is 0.298 e. The van der Waals surface area contributed by atoms with Crippen molar-refractivity contribution in [1.29, 1.82) is 0 Å². The third-order valence-electron chi connectivity index (χ3n) is 7.95. The molecule has 0 fully saturated rings. The Morgan fingerprint density at radius 1 is 1.02 bits per heavy atom. The van der Waals surface area contributed by atoms with Crippen LogP contribution in [0.5, 0.6) is 11.5 Å². The molecule has 0 aliphatic rings. The van der Waals surface area contributed by atoms with Crippen LogP contribution in [0.4, 0.5) is 11.4 Å². The van der Waals surface area contributed by atoms with Crippen LogP contribution >= 0.6 is 0 Å². The fourth-order valence-corrected chi connectivity index (χ4v) is 5.51. The lowest BCUT2D eigenvalue weighted by Gasteiger charge is -2.19. The summed E-state index contributed by atoms with van der Waals surface area (Å²) in [6.45, 7) is 11.8. The van der Waals surface area contributed by atoms with Gasteiger partial charge in [-0.05, 0) is 62.4 Å². The Labute approximate surface area is 285 Å². The summed E-state index contributed by atoms with van der Waals surface area (Å²) >= 11 is 0. The molecule has 4 aromatic rings. The summed E-state index contributed by atoms with van der Waals surface area (Å²) in [4.78, 5) is 42.1. The first-order chi connectivity index (χ1) is 23.1. The minimum atomic E-state index is -0.614. The van der Waals surface area contributed by atoms with Crippen molar-refractivity contribution >= 4 is 40.1 Å². The largest absolute Gasteiger partial charge is 0.494 e. The van der Waals surface area contributed by atoms with E-state index in [0.29, 0.717) is 70.6 Å². The van der Waals surface area contributed by atoms with E-state index in [9.17, 15) is 14.4 Å². The van der Waals surface area contributed by atoms with Crippen molar-refractivity contribution in [2.75, 3.05) is 31.3 Å². The standard InChI is InChI=1S/C35H47N9O5/c1-8-44-26(16-21(2)41-44)33(47)40-34-42(6)25-18-23(32(38)46)20-28(48-7)30(25)43(34)14-10-9-13-39-29-24(36)17-22(31(37)45)19-27(29)49-15-11-12-35(3,4)5/h9-10,16-20,39H,8,11-15,36H2,1-7H3,(H2,37,45)(H2,38,46)/b10-9+,40-34?. The average Bonchev–Trinajstić information content (AvgIpc) is 3.55. The summed E-state index contributed by atoms with van der Waals surface area (Å²) in [7, 11) is 3.25. The number of aryl methyl sites for hydroxylation is 3. The maximum absolute atomic E-state index is 13.5. The van der Waals surface area contributed by atoms with Crippen molar-refractivity contribution in [3.8, 4) is 11.5 Å². The Kier molecular flexibility index (Phi) is 11.2. The zero-order valence-electron chi connectivity index (χ0n) is 29.3. The third-order valence-corrected chi connectivity index (χ3v) is 7.95. The molecule has 3 amide bonds. The summed E-state index contributed by atoms with van der Waals surface area (Å²) in [5.41, 5.74) is 21.6. The Morgan fingerprint density at radius 2 is 1.69 bits per heavy atom. The molecule has 0 spiro atoms. The van der Waals surface area contributed by atoms with Crippen LogP contribution in [-0.2, 0) is 20.1 Å². The maximum Gasteiger partial charge on any atom is 0.298 e. The average molecular weight is 674 g/mol. The molecule has 0 aliphatic carbocycles. The molecule has 2 heterocycles. The highest BCUT2D eigenvalue weighted by atomic mass is 16.5. The van der Waals surface area contributed by atoms with Gasteiger partial charge in [-0.15, -0.1) is 0 Å². The van der Waals surface area contributed by atoms with Gasteiger partial charge in [0, 0.05) is 37.8 Å². The van der Waals surface area contributed by atoms with Crippen LogP contribution in [-0.4, -0.2) is 56.9 Å². The molecule has 0 saturated carbocycles. The van der Waals surface area contributed by atoms with Gasteiger partial charge in [-0.3, -0.25) is 19.1 Å². The van der Waals surface area contributed by atoms with Gasteiger partial charge in [-0.1, -0.05) is 32.9 Å². The van der Waals surface area contributed by atoms with Gasteiger partial charge in [0.2, 0.25) is 17.4 Å². The minimum Gasteiger partial charge on any atom is -0.494 e. The molecule has 7 N–H and O–H groups in total. The van der Waals surface area contributed by atoms with Crippen LogP contribution in [0.15, 0.2) is 47.5 Å². The van der Waals surface area contributed by atoms with Crippen LogP contribution in [0.1, 0.15) is 77.4 Å². The first-order valence-corrected chi connectivity index (χ1v) is 16.1. The number of primary amides is 2. The highest BCUT2D eigenvalue weighted by molar-refractivity contribution is 5.99. The number of nitrogens with two attached hydrogens (primary N) is 3. The van der Waals surface area contributed by atoms with E-state index in [1.54, 1.807) is 40.6 Å². The number of fused-ring (bicyclic) bond motifs is 1. The van der Waals surface area contributed by atoms with E-state index in [1.165, 1.54) is 13.2 Å². The molecule has 49 heavy (non-hydrogen) atoms. The number of imidazole rings is 1. The Balaban J connectivity index is 1.67. The molecule has 14 heteroatoms. The number of carbonyl (C=O) groups is 3. The second-order valence-corrected chi connectivity index (χ2v) is 13.0. The van der Waals surface area contributed by atoms with Gasteiger partial charge >= 0.3 is 0 Å². The Bertz CT molecular complexity index is 1980. The summed E-state index contributed by atoms with van der Waals surface area (Å²) < 4.78 is 16.9. The number of rotatable bonds is 14. The number of anilines is 2. The number of amides is 3. The lowest BCUT2D eigenvalue weighted by atomic mass is 9.91. The molecule has 0 aliphatic heterocycles. The molecule has 2 aromatic carbocycles. The summed E-state index contributed by atoms with van der Waals surface area (Å²) in [6, 6.07) is 8.02. The quantitative estimate of drug-likeness (QED) is 0.0877. The molecule has 0 saturated heterocycles. The monoisotopic (exact) mass is 673 g/mol. The van der Waals surface area contributed by atoms with Crippen molar-refractivity contribution in [1.82, 2.24) is 18.9 Å². The van der Waals surface area contributed by atoms with Crippen molar-refractivity contribution in [2.24, 2.45) is 28.9 Å². The van der Waals surface area contributed by atoms with Crippen LogP contribution < -0.4 is 37.6 Å². The predicted molar refractivity (Wildman–Crippen MR) is 190 cm³/mol. The van der Waals surface area contributed by atoms with Crippen molar-refractivity contribution in [2.45, 2.75) is 60.5 Å². The van der Waals surface area contributed by atoms with Gasteiger partial charge in [0.15, 0.2) is 0 Å². The molecule has 14 nitrogen and oxygen atoms in total. The third kappa shape index (κ3) is 8.50. The molecular formula is C35H47N9O5. The molecule has 0 radical (unpaired) electrons.